The van der Waals surface area contributed by atoms with Crippen molar-refractivity contribution in [2.45, 2.75) is 50.6 Å². The highest BCUT2D eigenvalue weighted by molar-refractivity contribution is 7.90. The number of nitrogens with one attached hydrogen (secondary N) is 2. The maximum absolute atomic E-state index is 12.9. The van der Waals surface area contributed by atoms with Crippen molar-refractivity contribution >= 4 is 21.8 Å². The molecule has 0 saturated carbocycles. The fourth-order valence-corrected chi connectivity index (χ4v) is 4.55. The number of aliphatic imine (C=N–C) groups is 1. The van der Waals surface area contributed by atoms with E-state index >= 15 is 0 Å². The second-order valence-electron chi connectivity index (χ2n) is 7.70. The molecule has 1 aliphatic rings. The van der Waals surface area contributed by atoms with Gasteiger partial charge in [0.15, 0.2) is 0 Å². The lowest BCUT2D eigenvalue weighted by Crippen LogP contribution is -2.42. The highest BCUT2D eigenvalue weighted by Gasteiger charge is 2.32. The van der Waals surface area contributed by atoms with Gasteiger partial charge in [0.25, 0.3) is 10.0 Å². The maximum Gasteiger partial charge on any atom is 0.263 e. The molecule has 0 aromatic heterocycles. The maximum atomic E-state index is 12.9. The topological polar surface area (TPSA) is 87.6 Å². The third-order valence-corrected chi connectivity index (χ3v) is 6.33. The molecule has 2 aromatic carbocycles. The summed E-state index contributed by atoms with van der Waals surface area (Å²) >= 11 is 0. The van der Waals surface area contributed by atoms with E-state index in [0.717, 1.165) is 12.8 Å². The van der Waals surface area contributed by atoms with Gasteiger partial charge in [-0.3, -0.25) is 14.5 Å². The summed E-state index contributed by atoms with van der Waals surface area (Å²) in [6.45, 7) is 5.77. The fraction of sp³-hybridized carbons (Fsp3) is 0.364. The average Bonchev–Trinajstić information content (AvgIpc) is 2.95. The van der Waals surface area contributed by atoms with Crippen LogP contribution in [-0.2, 0) is 21.2 Å². The van der Waals surface area contributed by atoms with Gasteiger partial charge in [-0.25, -0.2) is 8.42 Å². The summed E-state index contributed by atoms with van der Waals surface area (Å²) in [5.41, 5.74) is 1.73. The highest BCUT2D eigenvalue weighted by Crippen LogP contribution is 2.23. The molecule has 2 aromatic rings. The van der Waals surface area contributed by atoms with Crippen LogP contribution in [0.25, 0.3) is 0 Å². The minimum atomic E-state index is -3.63. The molecule has 0 spiro atoms. The lowest BCUT2D eigenvalue weighted by atomic mass is 10.0. The second kappa shape index (κ2) is 8.78. The standard InChI is InChI=1S/C22H27N3O3S/c1-15(2)20(22(26)23-16(3)13-14-17-9-5-4-6-10-17)24-21-18-11-7-8-12-19(18)29(27,28)25-21/h4-12,15-16,20H,13-14H2,1-3H3,(H,23,26)(H,24,25)/t16-,20+/m1/s1. The molecule has 29 heavy (non-hydrogen) atoms. The van der Waals surface area contributed by atoms with Crippen molar-refractivity contribution in [2.24, 2.45) is 10.9 Å². The van der Waals surface area contributed by atoms with E-state index < -0.39 is 16.1 Å². The number of benzene rings is 2. The van der Waals surface area contributed by atoms with E-state index in [9.17, 15) is 13.2 Å². The first-order valence-electron chi connectivity index (χ1n) is 9.82. The molecule has 0 bridgehead atoms. The largest absolute Gasteiger partial charge is 0.352 e. The number of hydrogen-bond acceptors (Lipinski definition) is 4. The van der Waals surface area contributed by atoms with Crippen molar-refractivity contribution in [1.82, 2.24) is 10.0 Å². The molecule has 7 heteroatoms. The third-order valence-electron chi connectivity index (χ3n) is 4.93. The van der Waals surface area contributed by atoms with Gasteiger partial charge in [-0.1, -0.05) is 56.3 Å². The van der Waals surface area contributed by atoms with E-state index in [0.29, 0.717) is 5.56 Å². The minimum Gasteiger partial charge on any atom is -0.352 e. The van der Waals surface area contributed by atoms with Crippen molar-refractivity contribution in [3.63, 3.8) is 0 Å². The number of fused-ring (bicyclic) bond motifs is 1. The summed E-state index contributed by atoms with van der Waals surface area (Å²) in [5, 5.41) is 3.03. The molecular formula is C22H27N3O3S. The van der Waals surface area contributed by atoms with Crippen LogP contribution in [0.3, 0.4) is 0 Å². The van der Waals surface area contributed by atoms with E-state index in [1.54, 1.807) is 18.2 Å². The van der Waals surface area contributed by atoms with Crippen LogP contribution >= 0.6 is 0 Å². The van der Waals surface area contributed by atoms with Crippen molar-refractivity contribution in [3.8, 4) is 0 Å². The number of amidine groups is 1. The van der Waals surface area contributed by atoms with Crippen LogP contribution in [0.4, 0.5) is 0 Å². The molecule has 0 fully saturated rings. The Labute approximate surface area is 172 Å². The Morgan fingerprint density at radius 3 is 2.38 bits per heavy atom. The highest BCUT2D eigenvalue weighted by atomic mass is 32.2. The van der Waals surface area contributed by atoms with Crippen LogP contribution < -0.4 is 10.0 Å². The molecule has 154 valence electrons. The zero-order chi connectivity index (χ0) is 21.0. The Bertz CT molecular complexity index is 1000. The summed E-state index contributed by atoms with van der Waals surface area (Å²) in [7, 11) is -3.63. The first-order valence-corrected chi connectivity index (χ1v) is 11.3. The SMILES string of the molecule is CC(C)[C@H](N=C1NS(=O)(=O)c2ccccc21)C(=O)N[C@H](C)CCc1ccccc1. The molecule has 2 atom stereocenters. The molecular weight excluding hydrogens is 386 g/mol. The van der Waals surface area contributed by atoms with Gasteiger partial charge in [0, 0.05) is 11.6 Å². The number of amides is 1. The average molecular weight is 414 g/mol. The van der Waals surface area contributed by atoms with Crippen LogP contribution in [0.1, 0.15) is 38.3 Å². The van der Waals surface area contributed by atoms with Crippen molar-refractivity contribution < 1.29 is 13.2 Å². The van der Waals surface area contributed by atoms with Crippen LogP contribution in [-0.4, -0.2) is 32.2 Å². The summed E-state index contributed by atoms with van der Waals surface area (Å²) in [6.07, 6.45) is 1.68. The van der Waals surface area contributed by atoms with Gasteiger partial charge >= 0.3 is 0 Å². The summed E-state index contributed by atoms with van der Waals surface area (Å²) in [6, 6.07) is 16.1. The summed E-state index contributed by atoms with van der Waals surface area (Å²) in [4.78, 5) is 17.6. The van der Waals surface area contributed by atoms with E-state index in [-0.39, 0.29) is 28.6 Å². The Morgan fingerprint density at radius 2 is 1.69 bits per heavy atom. The van der Waals surface area contributed by atoms with Crippen LogP contribution in [0.15, 0.2) is 64.5 Å². The van der Waals surface area contributed by atoms with Crippen molar-refractivity contribution in [2.75, 3.05) is 0 Å². The van der Waals surface area contributed by atoms with Gasteiger partial charge in [-0.15, -0.1) is 0 Å². The summed E-state index contributed by atoms with van der Waals surface area (Å²) in [5.74, 6) is -0.0517. The predicted octanol–water partition coefficient (Wildman–Crippen LogP) is 2.89. The zero-order valence-corrected chi connectivity index (χ0v) is 17.7. The number of carbonyl (C=O) groups excluding carboxylic acids is 1. The lowest BCUT2D eigenvalue weighted by Gasteiger charge is -2.21. The number of hydrogen-bond donors (Lipinski definition) is 2. The van der Waals surface area contributed by atoms with E-state index in [1.165, 1.54) is 11.6 Å². The number of carbonyl (C=O) groups is 1. The number of rotatable bonds is 7. The minimum absolute atomic E-state index is 0.0169. The van der Waals surface area contributed by atoms with E-state index in [4.69, 9.17) is 0 Å². The zero-order valence-electron chi connectivity index (χ0n) is 16.9. The van der Waals surface area contributed by atoms with E-state index in [1.807, 2.05) is 39.0 Å². The van der Waals surface area contributed by atoms with Gasteiger partial charge < -0.3 is 5.32 Å². The number of aryl methyl sites for hydroxylation is 1. The molecule has 0 saturated heterocycles. The van der Waals surface area contributed by atoms with Crippen molar-refractivity contribution in [3.05, 3.63) is 65.7 Å². The molecule has 1 heterocycles. The van der Waals surface area contributed by atoms with Crippen molar-refractivity contribution in [1.29, 1.82) is 0 Å². The molecule has 6 nitrogen and oxygen atoms in total. The Hall–Kier alpha value is -2.67. The fourth-order valence-electron chi connectivity index (χ4n) is 3.31. The van der Waals surface area contributed by atoms with E-state index in [2.05, 4.69) is 27.2 Å². The molecule has 3 rings (SSSR count). The monoisotopic (exact) mass is 413 g/mol. The summed E-state index contributed by atoms with van der Waals surface area (Å²) < 4.78 is 27.1. The van der Waals surface area contributed by atoms with Gasteiger partial charge in [0.05, 0.1) is 4.90 Å². The Morgan fingerprint density at radius 1 is 1.03 bits per heavy atom. The molecule has 0 unspecified atom stereocenters. The van der Waals surface area contributed by atoms with Gasteiger partial charge in [0.1, 0.15) is 11.9 Å². The molecule has 1 aliphatic heterocycles. The lowest BCUT2D eigenvalue weighted by molar-refractivity contribution is -0.123. The van der Waals surface area contributed by atoms with Gasteiger partial charge in [-0.05, 0) is 43.4 Å². The third kappa shape index (κ3) is 5.03. The molecule has 1 amide bonds. The second-order valence-corrected chi connectivity index (χ2v) is 9.35. The number of nitrogens with zero attached hydrogens (tertiary/aromatic N) is 1. The van der Waals surface area contributed by atoms with Crippen LogP contribution in [0, 0.1) is 5.92 Å². The molecule has 0 aliphatic carbocycles. The predicted molar refractivity (Wildman–Crippen MR) is 114 cm³/mol. The molecule has 2 N–H and O–H groups in total. The first kappa shape index (κ1) is 21.0. The quantitative estimate of drug-likeness (QED) is 0.732. The van der Waals surface area contributed by atoms with Crippen LogP contribution in [0.2, 0.25) is 0 Å². The van der Waals surface area contributed by atoms with Gasteiger partial charge in [0.2, 0.25) is 5.91 Å². The first-order chi connectivity index (χ1) is 13.8. The number of sulfonamides is 1. The Balaban J connectivity index is 1.71. The van der Waals surface area contributed by atoms with Gasteiger partial charge in [-0.2, -0.15) is 0 Å². The normalized spacial score (nSPS) is 18.1. The Kier molecular flexibility index (Phi) is 6.37. The van der Waals surface area contributed by atoms with Crippen LogP contribution in [0.5, 0.6) is 0 Å². The smallest absolute Gasteiger partial charge is 0.263 e. The molecule has 0 radical (unpaired) electrons.